The lowest BCUT2D eigenvalue weighted by Gasteiger charge is -2.43. The number of halogens is 1. The molecule has 20 N–H and O–H groups in total. The van der Waals surface area contributed by atoms with Gasteiger partial charge in [0.25, 0.3) is 0 Å². The van der Waals surface area contributed by atoms with E-state index in [2.05, 4.69) is 73.9 Å². The Morgan fingerprint density at radius 1 is 0.364 bits per heavy atom. The fourth-order valence-electron chi connectivity index (χ4n) is 15.7. The molecule has 5 rings (SSSR count). The summed E-state index contributed by atoms with van der Waals surface area (Å²) in [6.45, 7) is 8.61. The Kier molecular flexibility index (Phi) is 54.8. The van der Waals surface area contributed by atoms with Gasteiger partial charge in [0.1, 0.15) is 91.4 Å². The van der Waals surface area contributed by atoms with Gasteiger partial charge in [0.2, 0.25) is 65.0 Å². The highest BCUT2D eigenvalue weighted by Gasteiger charge is 2.51. The summed E-state index contributed by atoms with van der Waals surface area (Å²) in [5.74, 6) is -4.15. The number of β-amino-alcohol motifs (C(OH)–C–C–N with tert-alkyl or cyclic N) is 1. The van der Waals surface area contributed by atoms with Gasteiger partial charge in [0.15, 0.2) is 31.3 Å². The van der Waals surface area contributed by atoms with Gasteiger partial charge in [-0.2, -0.15) is 0 Å². The molecule has 0 unspecified atom stereocenters. The Morgan fingerprint density at radius 2 is 0.690 bits per heavy atom. The Balaban J connectivity index is 1.14. The van der Waals surface area contributed by atoms with Crippen LogP contribution in [-0.2, 0) is 100 Å². The van der Waals surface area contributed by atoms with Gasteiger partial charge in [-0.25, -0.2) is 4.39 Å². The Bertz CT molecular complexity index is 3290. The molecule has 0 aromatic heterocycles. The van der Waals surface area contributed by atoms with Gasteiger partial charge < -0.3 is 157 Å². The highest BCUT2D eigenvalue weighted by atomic mass is 19.1. The highest BCUT2D eigenvalue weighted by molar-refractivity contribution is 5.79. The number of carbonyl (C=O) groups excluding carboxylic acids is 11. The maximum atomic E-state index is 17.3. The molecule has 0 aromatic rings. The molecule has 0 bridgehead atoms. The lowest BCUT2D eigenvalue weighted by Crippen LogP contribution is -2.64. The summed E-state index contributed by atoms with van der Waals surface area (Å²) < 4.78 is 75.9. The summed E-state index contributed by atoms with van der Waals surface area (Å²) in [5.41, 5.74) is 0.0428. The fourth-order valence-corrected chi connectivity index (χ4v) is 15.7. The number of carbonyl (C=O) groups is 11. The molecule has 5 heterocycles. The molecule has 129 heavy (non-hydrogen) atoms. The molecule has 42 nitrogen and oxygen atoms in total. The third-order valence-electron chi connectivity index (χ3n) is 22.5. The van der Waals surface area contributed by atoms with Crippen molar-refractivity contribution in [3.8, 4) is 0 Å². The molecule has 5 fully saturated rings. The second-order valence-electron chi connectivity index (χ2n) is 34.9. The number of nitrogens with one attached hydrogen (secondary N) is 10. The van der Waals surface area contributed by atoms with Crippen LogP contribution in [0.3, 0.4) is 0 Å². The third kappa shape index (κ3) is 43.9. The molecule has 5 saturated heterocycles. The summed E-state index contributed by atoms with van der Waals surface area (Å²) in [7, 11) is 0. The Labute approximate surface area is 755 Å². The van der Waals surface area contributed by atoms with E-state index in [1.165, 1.54) is 20.8 Å². The number of hydrogen-bond acceptors (Lipinski definition) is 31. The van der Waals surface area contributed by atoms with E-state index in [1.807, 2.05) is 4.90 Å². The minimum Gasteiger partial charge on any atom is -0.394 e. The molecule has 22 atom stereocenters. The number of rotatable bonds is 64. The van der Waals surface area contributed by atoms with Crippen LogP contribution in [0, 0.1) is 5.41 Å². The maximum absolute atomic E-state index is 17.3. The maximum Gasteiger partial charge on any atom is 0.222 e. The van der Waals surface area contributed by atoms with Gasteiger partial charge in [0.05, 0.1) is 52.4 Å². The summed E-state index contributed by atoms with van der Waals surface area (Å²) in [6.07, 6.45) is -10.7. The minimum atomic E-state index is -2.13. The van der Waals surface area contributed by atoms with E-state index < -0.39 is 190 Å². The van der Waals surface area contributed by atoms with Crippen LogP contribution in [0.15, 0.2) is 0 Å². The first-order valence-electron chi connectivity index (χ1n) is 46.2. The average molecular weight is 1860 g/mol. The number of hydrogen-bond donors (Lipinski definition) is 20. The van der Waals surface area contributed by atoms with Crippen LogP contribution in [0.5, 0.6) is 0 Å². The summed E-state index contributed by atoms with van der Waals surface area (Å²) in [5, 5.41) is 128. The Hall–Kier alpha value is -6.70. The molecule has 11 amide bonds. The standard InChI is InChI=1S/C86H152FN11O31/c1-53(102)94-71-77(117)74(114)58(49-99)127-83(71)123-40-20-17-26-62(106)88-34-23-37-91-65(109)31-43-120-52-61-80(121-44-32-66(110)92-38-24-35-89-63(107)27-18-21-41-124-84-72(95-54(2)103)78(118)75(115)59(50-100)128-84)81(122-45-33-67(111)93-39-25-36-90-64(108)28-19-22-42-125-85-73(96-55(3)104)79(119)76(116)60(51-101)129-85)70(87)82(126-61)97-68(112)29-15-13-11-9-7-8-10-12-14-16-30-69(113)98-48-57(105)46-56(98)47-86(4,5)6/h56-61,70-85,99-101,105,114-119H,7-52H2,1-6H3,(H,88,106)(H,89,107)(H,90,108)(H,91,109)(H,92,110)(H,93,111)(H,94,102)(H,95,103)(H,96,104)(H,97,112)/t56-,57+,58+,59+,60+,61+,70+,71+,72+,73+,74-,75-,76-,77+,78+,79+,80+,81+,82+,83+,84+,85+/m0/s1. The van der Waals surface area contributed by atoms with E-state index >= 15 is 4.39 Å². The normalized spacial score (nSPS) is 27.6. The van der Waals surface area contributed by atoms with Crippen molar-refractivity contribution in [2.75, 3.05) is 112 Å². The highest BCUT2D eigenvalue weighted by Crippen LogP contribution is 2.33. The van der Waals surface area contributed by atoms with Crippen LogP contribution in [0.1, 0.15) is 228 Å². The number of aliphatic hydroxyl groups excluding tert-OH is 10. The van der Waals surface area contributed by atoms with E-state index in [0.717, 1.165) is 57.8 Å². The zero-order valence-corrected chi connectivity index (χ0v) is 76.1. The van der Waals surface area contributed by atoms with Crippen molar-refractivity contribution in [2.45, 2.75) is 363 Å². The second-order valence-corrected chi connectivity index (χ2v) is 34.9. The molecular formula is C86H152FN11O31. The number of aliphatic hydroxyl groups is 10. The van der Waals surface area contributed by atoms with Crippen LogP contribution in [0.2, 0.25) is 0 Å². The molecule has 0 radical (unpaired) electrons. The van der Waals surface area contributed by atoms with Crippen LogP contribution in [0.4, 0.5) is 4.39 Å². The number of amides is 11. The number of ether oxygens (including phenoxy) is 10. The minimum absolute atomic E-state index is 0.0282. The summed E-state index contributed by atoms with van der Waals surface area (Å²) in [4.78, 5) is 142. The molecule has 5 aliphatic rings. The summed E-state index contributed by atoms with van der Waals surface area (Å²) >= 11 is 0. The third-order valence-corrected chi connectivity index (χ3v) is 22.5. The predicted molar refractivity (Wildman–Crippen MR) is 459 cm³/mol. The van der Waals surface area contributed by atoms with E-state index in [0.29, 0.717) is 90.0 Å². The smallest absolute Gasteiger partial charge is 0.222 e. The average Bonchev–Trinajstić information content (AvgIpc) is 0.877. The van der Waals surface area contributed by atoms with Crippen LogP contribution < -0.4 is 53.2 Å². The number of likely N-dealkylation sites (tertiary alicyclic amines) is 1. The topological polar surface area (TPSA) is 606 Å². The van der Waals surface area contributed by atoms with Crippen molar-refractivity contribution in [3.05, 3.63) is 0 Å². The monoisotopic (exact) mass is 1850 g/mol. The first-order chi connectivity index (χ1) is 61.6. The van der Waals surface area contributed by atoms with Crippen LogP contribution in [-0.4, -0.2) is 368 Å². The van der Waals surface area contributed by atoms with Crippen molar-refractivity contribution < 1.29 is 156 Å². The van der Waals surface area contributed by atoms with Crippen molar-refractivity contribution in [1.82, 2.24) is 58.1 Å². The molecule has 744 valence electrons. The van der Waals surface area contributed by atoms with Gasteiger partial charge in [0, 0.05) is 144 Å². The van der Waals surface area contributed by atoms with Crippen LogP contribution >= 0.6 is 0 Å². The van der Waals surface area contributed by atoms with Gasteiger partial charge in [-0.05, 0) is 88.9 Å². The van der Waals surface area contributed by atoms with Gasteiger partial charge in [-0.15, -0.1) is 0 Å². The summed E-state index contributed by atoms with van der Waals surface area (Å²) in [6, 6.07) is -3.28. The Morgan fingerprint density at radius 3 is 1.05 bits per heavy atom. The molecule has 0 aromatic carbocycles. The lowest BCUT2D eigenvalue weighted by molar-refractivity contribution is -0.270. The van der Waals surface area contributed by atoms with Crippen molar-refractivity contribution in [3.63, 3.8) is 0 Å². The molecular weight excluding hydrogens is 1700 g/mol. The van der Waals surface area contributed by atoms with Crippen molar-refractivity contribution in [2.24, 2.45) is 5.41 Å². The molecule has 43 heteroatoms. The van der Waals surface area contributed by atoms with Gasteiger partial charge in [-0.3, -0.25) is 52.7 Å². The lowest BCUT2D eigenvalue weighted by atomic mass is 9.87. The first-order valence-corrected chi connectivity index (χ1v) is 46.2. The van der Waals surface area contributed by atoms with E-state index in [1.54, 1.807) is 0 Å². The predicted octanol–water partition coefficient (Wildman–Crippen LogP) is -2.54. The fraction of sp³-hybridized carbons (Fsp3) is 0.872. The van der Waals surface area contributed by atoms with Gasteiger partial charge in [-0.1, -0.05) is 72.1 Å². The van der Waals surface area contributed by atoms with Crippen LogP contribution in [0.25, 0.3) is 0 Å². The quantitative estimate of drug-likeness (QED) is 0.0279. The van der Waals surface area contributed by atoms with E-state index in [-0.39, 0.29) is 166 Å². The second kappa shape index (κ2) is 62.7. The van der Waals surface area contributed by atoms with Gasteiger partial charge >= 0.3 is 0 Å². The number of unbranched alkanes of at least 4 members (excludes halogenated alkanes) is 12. The molecule has 5 aliphatic heterocycles. The molecule has 0 saturated carbocycles. The first kappa shape index (κ1) is 113. The van der Waals surface area contributed by atoms with Crippen molar-refractivity contribution in [1.29, 1.82) is 0 Å². The van der Waals surface area contributed by atoms with E-state index in [9.17, 15) is 104 Å². The molecule has 0 spiro atoms. The zero-order valence-electron chi connectivity index (χ0n) is 76.1. The zero-order chi connectivity index (χ0) is 94.8. The number of alkyl halides is 1. The largest absolute Gasteiger partial charge is 0.394 e. The number of nitrogens with zero attached hydrogens (tertiary/aromatic N) is 1. The van der Waals surface area contributed by atoms with Crippen molar-refractivity contribution >= 4 is 65.0 Å². The molecule has 0 aliphatic carbocycles. The van der Waals surface area contributed by atoms with E-state index in [4.69, 9.17) is 47.4 Å². The SMILES string of the molecule is CC(=O)N[C@H]1[C@H](OCCCCC(=O)NCCCNC(=O)CCOC[C@H]2O[C@@H](NC(=O)CCCCCCCCCCCCC(=O)N3C[C@H](O)C[C@H]3CC(C)(C)C)[C@H](F)[C@@H](OCCC(=O)NCCCNC(=O)CCCCO[C@@H]3O[C@H](CO)[C@H](O)[C@H](O)[C@H]3NC(C)=O)[C@@H]2OCCC(=O)NCCCNC(=O)CCCCO[C@@H]2O[C@H](CO)[C@H](O)[C@H](O)[C@H]2NC(C)=O)O[C@H](CO)[C@H](O)[C@@H]1O.